The molecule has 0 radical (unpaired) electrons. The van der Waals surface area contributed by atoms with Crippen LogP contribution in [0.5, 0.6) is 0 Å². The average molecular weight is 407 g/mol. The Morgan fingerprint density at radius 1 is 1.14 bits per heavy atom. The highest BCUT2D eigenvalue weighted by atomic mass is 19.4. The first-order valence-electron chi connectivity index (χ1n) is 8.54. The number of alkyl halides is 3. The number of carbonyl (C=O) groups excluding carboxylic acids is 1. The molecule has 0 aliphatic rings. The maximum atomic E-state index is 12.9. The van der Waals surface area contributed by atoms with Crippen LogP contribution < -0.4 is 5.32 Å². The van der Waals surface area contributed by atoms with Crippen molar-refractivity contribution >= 4 is 17.5 Å². The van der Waals surface area contributed by atoms with Crippen LogP contribution in [-0.2, 0) is 20.5 Å². The summed E-state index contributed by atoms with van der Waals surface area (Å²) in [6.45, 7) is 1.54. The van der Waals surface area contributed by atoms with E-state index in [9.17, 15) is 18.0 Å². The van der Waals surface area contributed by atoms with Crippen LogP contribution in [0, 0.1) is 5.41 Å². The minimum atomic E-state index is -4.48. The van der Waals surface area contributed by atoms with Gasteiger partial charge in [-0.15, -0.1) is 0 Å². The third-order valence-corrected chi connectivity index (χ3v) is 4.03. The summed E-state index contributed by atoms with van der Waals surface area (Å²) in [5.41, 5.74) is -0.0722. The van der Waals surface area contributed by atoms with Gasteiger partial charge < -0.3 is 14.9 Å². The SMILES string of the molecule is CNC(=O)C(=NOC)c1ccccc1C(=N)OC(C)c1cccc(C(F)(F)F)c1. The van der Waals surface area contributed by atoms with Crippen LogP contribution in [0.2, 0.25) is 0 Å². The molecule has 2 rings (SSSR count). The third-order valence-electron chi connectivity index (χ3n) is 4.03. The molecule has 0 fully saturated rings. The molecule has 0 aliphatic heterocycles. The molecule has 6 nitrogen and oxygen atoms in total. The zero-order chi connectivity index (χ0) is 21.6. The van der Waals surface area contributed by atoms with Gasteiger partial charge in [-0.05, 0) is 30.7 Å². The summed E-state index contributed by atoms with van der Waals surface area (Å²) >= 11 is 0. The topological polar surface area (TPSA) is 83.8 Å². The van der Waals surface area contributed by atoms with Crippen molar-refractivity contribution in [2.75, 3.05) is 14.2 Å². The standard InChI is InChI=1S/C20H20F3N3O3/c1-12(13-7-6-8-14(11-13)20(21,22)23)29-18(24)16-10-5-4-9-15(16)17(26-28-3)19(27)25-2/h4-12,24H,1-3H3,(H,25,27). The lowest BCUT2D eigenvalue weighted by molar-refractivity contribution is -0.137. The highest BCUT2D eigenvalue weighted by Crippen LogP contribution is 2.31. The summed E-state index contributed by atoms with van der Waals surface area (Å²) in [7, 11) is 2.71. The fourth-order valence-electron chi connectivity index (χ4n) is 2.59. The van der Waals surface area contributed by atoms with E-state index in [0.717, 1.165) is 12.1 Å². The number of hydrogen-bond acceptors (Lipinski definition) is 5. The molecule has 0 saturated heterocycles. The lowest BCUT2D eigenvalue weighted by atomic mass is 10.0. The van der Waals surface area contributed by atoms with Crippen molar-refractivity contribution in [2.24, 2.45) is 5.16 Å². The molecule has 9 heteroatoms. The maximum absolute atomic E-state index is 12.9. The molecule has 2 N–H and O–H groups in total. The van der Waals surface area contributed by atoms with Gasteiger partial charge in [0.15, 0.2) is 5.71 Å². The number of rotatable bonds is 6. The molecule has 0 bridgehead atoms. The van der Waals surface area contributed by atoms with Crippen LogP contribution >= 0.6 is 0 Å². The molecule has 1 unspecified atom stereocenters. The molecular formula is C20H20F3N3O3. The number of benzene rings is 2. The molecule has 0 spiro atoms. The van der Waals surface area contributed by atoms with Crippen molar-refractivity contribution in [3.63, 3.8) is 0 Å². The summed E-state index contributed by atoms with van der Waals surface area (Å²) < 4.78 is 44.4. The molecule has 1 atom stereocenters. The summed E-state index contributed by atoms with van der Waals surface area (Å²) in [5, 5.41) is 14.4. The Morgan fingerprint density at radius 2 is 1.79 bits per heavy atom. The molecule has 2 aromatic carbocycles. The Kier molecular flexibility index (Phi) is 6.98. The molecule has 0 saturated carbocycles. The Balaban J connectivity index is 2.33. The van der Waals surface area contributed by atoms with Crippen LogP contribution in [0.15, 0.2) is 53.7 Å². The predicted octanol–water partition coefficient (Wildman–Crippen LogP) is 3.91. The van der Waals surface area contributed by atoms with E-state index < -0.39 is 23.8 Å². The van der Waals surface area contributed by atoms with Crippen molar-refractivity contribution in [2.45, 2.75) is 19.2 Å². The van der Waals surface area contributed by atoms with Gasteiger partial charge in [0.05, 0.1) is 5.56 Å². The second kappa shape index (κ2) is 9.22. The third kappa shape index (κ3) is 5.34. The fraction of sp³-hybridized carbons (Fsp3) is 0.250. The van der Waals surface area contributed by atoms with E-state index in [1.54, 1.807) is 24.3 Å². The number of hydrogen-bond donors (Lipinski definition) is 2. The summed E-state index contributed by atoms with van der Waals surface area (Å²) in [6.07, 6.45) is -5.31. The van der Waals surface area contributed by atoms with E-state index in [2.05, 4.69) is 10.5 Å². The Bertz CT molecular complexity index is 926. The van der Waals surface area contributed by atoms with Crippen LogP contribution in [0.1, 0.15) is 35.3 Å². The van der Waals surface area contributed by atoms with Gasteiger partial charge in [-0.2, -0.15) is 13.2 Å². The van der Waals surface area contributed by atoms with Crippen molar-refractivity contribution in [3.8, 4) is 0 Å². The first-order valence-corrected chi connectivity index (χ1v) is 8.54. The number of ether oxygens (including phenoxy) is 1. The second-order valence-electron chi connectivity index (χ2n) is 5.96. The van der Waals surface area contributed by atoms with Gasteiger partial charge in [0.2, 0.25) is 5.90 Å². The number of likely N-dealkylation sites (N-methyl/N-ethyl adjacent to an activating group) is 1. The largest absolute Gasteiger partial charge is 0.470 e. The monoisotopic (exact) mass is 407 g/mol. The van der Waals surface area contributed by atoms with Gasteiger partial charge in [-0.3, -0.25) is 10.2 Å². The number of oxime groups is 1. The van der Waals surface area contributed by atoms with Crippen LogP contribution in [0.4, 0.5) is 13.2 Å². The minimum absolute atomic E-state index is 0.0642. The van der Waals surface area contributed by atoms with E-state index in [0.29, 0.717) is 0 Å². The Morgan fingerprint density at radius 3 is 2.38 bits per heavy atom. The first kappa shape index (κ1) is 21.9. The second-order valence-corrected chi connectivity index (χ2v) is 5.96. The zero-order valence-corrected chi connectivity index (χ0v) is 16.0. The highest BCUT2D eigenvalue weighted by molar-refractivity contribution is 6.46. The molecular weight excluding hydrogens is 387 g/mol. The lowest BCUT2D eigenvalue weighted by Crippen LogP contribution is -2.30. The normalized spacial score (nSPS) is 12.8. The highest BCUT2D eigenvalue weighted by Gasteiger charge is 2.31. The minimum Gasteiger partial charge on any atom is -0.470 e. The number of amides is 1. The van der Waals surface area contributed by atoms with E-state index >= 15 is 0 Å². The zero-order valence-electron chi connectivity index (χ0n) is 16.0. The van der Waals surface area contributed by atoms with E-state index in [4.69, 9.17) is 15.0 Å². The van der Waals surface area contributed by atoms with Gasteiger partial charge >= 0.3 is 6.18 Å². The van der Waals surface area contributed by atoms with Gasteiger partial charge in [0.1, 0.15) is 13.2 Å². The maximum Gasteiger partial charge on any atom is 0.416 e. The molecule has 0 aliphatic carbocycles. The average Bonchev–Trinajstić information content (AvgIpc) is 2.70. The Hall–Kier alpha value is -3.36. The Labute approximate surface area is 165 Å². The number of halogens is 3. The van der Waals surface area contributed by atoms with Gasteiger partial charge in [0.25, 0.3) is 5.91 Å². The predicted molar refractivity (Wildman–Crippen MR) is 102 cm³/mol. The van der Waals surface area contributed by atoms with Crippen molar-refractivity contribution in [3.05, 3.63) is 70.8 Å². The molecule has 2 aromatic rings. The summed E-state index contributed by atoms with van der Waals surface area (Å²) in [6, 6.07) is 11.1. The van der Waals surface area contributed by atoms with Gasteiger partial charge in [-0.25, -0.2) is 0 Å². The lowest BCUT2D eigenvalue weighted by Gasteiger charge is -2.18. The van der Waals surface area contributed by atoms with Crippen LogP contribution in [0.3, 0.4) is 0 Å². The molecule has 1 amide bonds. The summed E-state index contributed by atoms with van der Waals surface area (Å²) in [4.78, 5) is 16.8. The molecule has 154 valence electrons. The molecule has 0 aromatic heterocycles. The summed E-state index contributed by atoms with van der Waals surface area (Å²) in [5.74, 6) is -0.851. The smallest absolute Gasteiger partial charge is 0.416 e. The van der Waals surface area contributed by atoms with E-state index in [1.165, 1.54) is 33.2 Å². The number of nitrogens with one attached hydrogen (secondary N) is 2. The van der Waals surface area contributed by atoms with Crippen LogP contribution in [0.25, 0.3) is 0 Å². The van der Waals surface area contributed by atoms with Crippen molar-refractivity contribution in [1.82, 2.24) is 5.32 Å². The van der Waals surface area contributed by atoms with E-state index in [-0.39, 0.29) is 28.3 Å². The quantitative estimate of drug-likeness (QED) is 0.433. The number of carbonyl (C=O) groups is 1. The fourth-order valence-corrected chi connectivity index (χ4v) is 2.59. The first-order chi connectivity index (χ1) is 13.7. The van der Waals surface area contributed by atoms with Gasteiger partial charge in [0, 0.05) is 18.2 Å². The van der Waals surface area contributed by atoms with Crippen LogP contribution in [-0.4, -0.2) is 31.7 Å². The van der Waals surface area contributed by atoms with Crippen molar-refractivity contribution < 1.29 is 27.5 Å². The number of nitrogens with zero attached hydrogens (tertiary/aromatic N) is 1. The van der Waals surface area contributed by atoms with Crippen molar-refractivity contribution in [1.29, 1.82) is 5.41 Å². The molecule has 29 heavy (non-hydrogen) atoms. The van der Waals surface area contributed by atoms with Gasteiger partial charge in [-0.1, -0.05) is 35.5 Å². The molecule has 0 heterocycles. The van der Waals surface area contributed by atoms with E-state index in [1.807, 2.05) is 0 Å².